The van der Waals surface area contributed by atoms with Crippen molar-refractivity contribution in [1.82, 2.24) is 5.32 Å². The average molecular weight is 299 g/mol. The van der Waals surface area contributed by atoms with Crippen LogP contribution in [0.25, 0.3) is 0 Å². The third kappa shape index (κ3) is 3.68. The average Bonchev–Trinajstić information content (AvgIpc) is 3.02. The van der Waals surface area contributed by atoms with Crippen molar-refractivity contribution in [2.45, 2.75) is 32.2 Å². The lowest BCUT2D eigenvalue weighted by Gasteiger charge is -2.13. The molecule has 1 aromatic rings. The molecule has 6 heteroatoms. The normalized spacial score (nSPS) is 27.1. The van der Waals surface area contributed by atoms with E-state index in [2.05, 4.69) is 10.1 Å². The number of carbonyl (C=O) groups is 1. The predicted octanol–water partition coefficient (Wildman–Crippen LogP) is 3.25. The van der Waals surface area contributed by atoms with Gasteiger partial charge in [0.1, 0.15) is 5.75 Å². The Labute approximate surface area is 120 Å². The Kier molecular flexibility index (Phi) is 3.55. The second-order valence-electron chi connectivity index (χ2n) is 5.83. The van der Waals surface area contributed by atoms with Crippen molar-refractivity contribution in [3.63, 3.8) is 0 Å². The van der Waals surface area contributed by atoms with Gasteiger partial charge >= 0.3 is 6.36 Å². The largest absolute Gasteiger partial charge is 0.573 e. The molecular formula is C15H16F3NO2. The molecule has 1 N–H and O–H groups in total. The summed E-state index contributed by atoms with van der Waals surface area (Å²) in [6.45, 7) is 0.330. The van der Waals surface area contributed by atoms with Gasteiger partial charge in [0, 0.05) is 12.5 Å². The van der Waals surface area contributed by atoms with Gasteiger partial charge < -0.3 is 10.1 Å². The smallest absolute Gasteiger partial charge is 0.406 e. The predicted molar refractivity (Wildman–Crippen MR) is 69.3 cm³/mol. The van der Waals surface area contributed by atoms with Crippen molar-refractivity contribution < 1.29 is 22.7 Å². The molecule has 0 spiro atoms. The van der Waals surface area contributed by atoms with Crippen molar-refractivity contribution in [3.8, 4) is 5.75 Å². The van der Waals surface area contributed by atoms with E-state index in [0.717, 1.165) is 30.2 Å². The minimum Gasteiger partial charge on any atom is -0.406 e. The summed E-state index contributed by atoms with van der Waals surface area (Å²) in [6.07, 6.45) is -1.45. The molecule has 0 aromatic heterocycles. The van der Waals surface area contributed by atoms with Gasteiger partial charge in [-0.25, -0.2) is 0 Å². The van der Waals surface area contributed by atoms with Crippen LogP contribution in [-0.4, -0.2) is 12.3 Å². The summed E-state index contributed by atoms with van der Waals surface area (Å²) in [5.74, 6) is 1.41. The molecule has 2 saturated carbocycles. The van der Waals surface area contributed by atoms with E-state index >= 15 is 0 Å². The highest BCUT2D eigenvalue weighted by Gasteiger charge is 2.47. The van der Waals surface area contributed by atoms with Crippen LogP contribution >= 0.6 is 0 Å². The minimum absolute atomic E-state index is 0.0535. The maximum atomic E-state index is 12.0. The molecule has 3 rings (SSSR count). The van der Waals surface area contributed by atoms with Crippen LogP contribution in [0.1, 0.15) is 24.8 Å². The zero-order chi connectivity index (χ0) is 15.0. The van der Waals surface area contributed by atoms with Crippen LogP contribution in [0.4, 0.5) is 13.2 Å². The second kappa shape index (κ2) is 5.24. The Morgan fingerprint density at radius 3 is 2.33 bits per heavy atom. The number of rotatable bonds is 4. The van der Waals surface area contributed by atoms with Gasteiger partial charge in [-0.15, -0.1) is 13.2 Å². The van der Waals surface area contributed by atoms with Crippen molar-refractivity contribution in [2.24, 2.45) is 17.8 Å². The summed E-state index contributed by atoms with van der Waals surface area (Å²) < 4.78 is 39.9. The first-order chi connectivity index (χ1) is 9.90. The fourth-order valence-electron chi connectivity index (χ4n) is 3.07. The van der Waals surface area contributed by atoms with Crippen LogP contribution in [0.3, 0.4) is 0 Å². The highest BCUT2D eigenvalue weighted by Crippen LogP contribution is 2.54. The fourth-order valence-corrected chi connectivity index (χ4v) is 3.07. The van der Waals surface area contributed by atoms with Gasteiger partial charge in [0.2, 0.25) is 5.91 Å². The molecule has 0 saturated heterocycles. The molecule has 2 aliphatic rings. The van der Waals surface area contributed by atoms with Gasteiger partial charge in [-0.1, -0.05) is 12.1 Å². The van der Waals surface area contributed by atoms with E-state index in [-0.39, 0.29) is 17.6 Å². The molecule has 1 aromatic carbocycles. The van der Waals surface area contributed by atoms with E-state index in [1.165, 1.54) is 30.7 Å². The molecular weight excluding hydrogens is 283 g/mol. The number of fused-ring (bicyclic) bond motifs is 1. The second-order valence-corrected chi connectivity index (χ2v) is 5.83. The highest BCUT2D eigenvalue weighted by molar-refractivity contribution is 5.79. The van der Waals surface area contributed by atoms with Crippen molar-refractivity contribution in [2.75, 3.05) is 0 Å². The summed E-state index contributed by atoms with van der Waals surface area (Å²) in [5.41, 5.74) is 0.751. The topological polar surface area (TPSA) is 38.3 Å². The Bertz CT molecular complexity index is 517. The van der Waals surface area contributed by atoms with Crippen LogP contribution in [-0.2, 0) is 11.3 Å². The van der Waals surface area contributed by atoms with Gasteiger partial charge in [-0.2, -0.15) is 0 Å². The first kappa shape index (κ1) is 14.2. The maximum absolute atomic E-state index is 12.0. The number of benzene rings is 1. The van der Waals surface area contributed by atoms with E-state index in [0.29, 0.717) is 6.54 Å². The van der Waals surface area contributed by atoms with Gasteiger partial charge in [-0.05, 0) is 48.8 Å². The third-order valence-electron chi connectivity index (χ3n) is 4.24. The van der Waals surface area contributed by atoms with Crippen LogP contribution in [0.2, 0.25) is 0 Å². The fraction of sp³-hybridized carbons (Fsp3) is 0.533. The summed E-state index contributed by atoms with van der Waals surface area (Å²) in [6, 6.07) is 5.54. The standard InChI is InChI=1S/C15H16F3NO2/c16-15(17,18)21-13-3-1-9(2-4-13)8-19-14(20)12-6-10-5-11(10)7-12/h1-4,10-12H,5-8H2,(H,19,20). The van der Waals surface area contributed by atoms with Crippen molar-refractivity contribution in [3.05, 3.63) is 29.8 Å². The number of halogens is 3. The first-order valence-electron chi connectivity index (χ1n) is 7.03. The SMILES string of the molecule is O=C(NCc1ccc(OC(F)(F)F)cc1)C1CC2CC2C1. The summed E-state index contributed by atoms with van der Waals surface area (Å²) in [4.78, 5) is 12.0. The zero-order valence-electron chi connectivity index (χ0n) is 11.3. The Morgan fingerprint density at radius 2 is 1.76 bits per heavy atom. The Hall–Kier alpha value is -1.72. The van der Waals surface area contributed by atoms with E-state index in [1.54, 1.807) is 0 Å². The zero-order valence-corrected chi connectivity index (χ0v) is 11.3. The molecule has 2 aliphatic carbocycles. The van der Waals surface area contributed by atoms with Crippen LogP contribution in [0.5, 0.6) is 5.75 Å². The number of carbonyl (C=O) groups excluding carboxylic acids is 1. The third-order valence-corrected chi connectivity index (χ3v) is 4.24. The Balaban J connectivity index is 1.47. The number of hydrogen-bond donors (Lipinski definition) is 1. The molecule has 0 radical (unpaired) electrons. The van der Waals surface area contributed by atoms with Crippen LogP contribution < -0.4 is 10.1 Å². The van der Waals surface area contributed by atoms with Gasteiger partial charge in [-0.3, -0.25) is 4.79 Å². The molecule has 0 heterocycles. The quantitative estimate of drug-likeness (QED) is 0.927. The summed E-state index contributed by atoms with van der Waals surface area (Å²) >= 11 is 0. The summed E-state index contributed by atoms with van der Waals surface area (Å²) in [5, 5.41) is 2.85. The molecule has 0 bridgehead atoms. The van der Waals surface area contributed by atoms with Gasteiger partial charge in [0.15, 0.2) is 0 Å². The van der Waals surface area contributed by atoms with Gasteiger partial charge in [0.05, 0.1) is 0 Å². The number of nitrogens with one attached hydrogen (secondary N) is 1. The maximum Gasteiger partial charge on any atom is 0.573 e. The van der Waals surface area contributed by atoms with E-state index in [1.807, 2.05) is 0 Å². The summed E-state index contributed by atoms with van der Waals surface area (Å²) in [7, 11) is 0. The number of hydrogen-bond acceptors (Lipinski definition) is 2. The molecule has 21 heavy (non-hydrogen) atoms. The van der Waals surface area contributed by atoms with Crippen molar-refractivity contribution >= 4 is 5.91 Å². The van der Waals surface area contributed by atoms with Crippen molar-refractivity contribution in [1.29, 1.82) is 0 Å². The van der Waals surface area contributed by atoms with Crippen LogP contribution in [0, 0.1) is 17.8 Å². The highest BCUT2D eigenvalue weighted by atomic mass is 19.4. The molecule has 2 atom stereocenters. The van der Waals surface area contributed by atoms with Crippen LogP contribution in [0.15, 0.2) is 24.3 Å². The van der Waals surface area contributed by atoms with E-state index in [4.69, 9.17) is 0 Å². The van der Waals surface area contributed by atoms with E-state index < -0.39 is 6.36 Å². The number of amides is 1. The van der Waals surface area contributed by atoms with E-state index in [9.17, 15) is 18.0 Å². The minimum atomic E-state index is -4.68. The Morgan fingerprint density at radius 1 is 1.14 bits per heavy atom. The number of ether oxygens (including phenoxy) is 1. The monoisotopic (exact) mass is 299 g/mol. The lowest BCUT2D eigenvalue weighted by atomic mass is 10.0. The van der Waals surface area contributed by atoms with Gasteiger partial charge in [0.25, 0.3) is 0 Å². The first-order valence-corrected chi connectivity index (χ1v) is 7.03. The number of alkyl halides is 3. The lowest BCUT2D eigenvalue weighted by Crippen LogP contribution is -2.29. The molecule has 3 nitrogen and oxygen atoms in total. The lowest BCUT2D eigenvalue weighted by molar-refractivity contribution is -0.274. The molecule has 1 amide bonds. The molecule has 2 fully saturated rings. The molecule has 0 aliphatic heterocycles. The molecule has 2 unspecified atom stereocenters. The molecule has 114 valence electrons.